The number of benzene rings is 3. The summed E-state index contributed by atoms with van der Waals surface area (Å²) in [6, 6.07) is 19.5. The fourth-order valence-electron chi connectivity index (χ4n) is 4.52. The molecule has 9 heteroatoms. The van der Waals surface area contributed by atoms with Crippen LogP contribution in [0.3, 0.4) is 0 Å². The fraction of sp³-hybridized carbons (Fsp3) is 0.276. The average Bonchev–Trinajstić information content (AvgIpc) is 3.33. The van der Waals surface area contributed by atoms with Crippen molar-refractivity contribution in [3.63, 3.8) is 0 Å². The Hall–Kier alpha value is -4.37. The third kappa shape index (κ3) is 6.12. The molecule has 0 saturated carbocycles. The molecule has 2 N–H and O–H groups in total. The van der Waals surface area contributed by atoms with E-state index in [-0.39, 0.29) is 11.5 Å². The lowest BCUT2D eigenvalue weighted by Gasteiger charge is -2.22. The predicted molar refractivity (Wildman–Crippen MR) is 145 cm³/mol. The minimum Gasteiger partial charge on any atom is -0.491 e. The van der Waals surface area contributed by atoms with Crippen LogP contribution in [0.15, 0.2) is 72.9 Å². The van der Waals surface area contributed by atoms with Gasteiger partial charge in [-0.1, -0.05) is 42.5 Å². The fourth-order valence-corrected chi connectivity index (χ4v) is 4.52. The number of hydrogen-bond acceptors (Lipinski definition) is 6. The minimum atomic E-state index is -0.925. The van der Waals surface area contributed by atoms with Crippen LogP contribution in [0.25, 0.3) is 10.9 Å². The van der Waals surface area contributed by atoms with Crippen molar-refractivity contribution in [2.45, 2.75) is 32.4 Å². The minimum absolute atomic E-state index is 0.138. The Kier molecular flexibility index (Phi) is 8.60. The predicted octanol–water partition coefficient (Wildman–Crippen LogP) is 6.05. The molecule has 0 aliphatic carbocycles. The number of fused-ring (bicyclic) bond motifs is 1. The zero-order valence-corrected chi connectivity index (χ0v) is 21.6. The molecule has 38 heavy (non-hydrogen) atoms. The lowest BCUT2D eigenvalue weighted by atomic mass is 9.83. The van der Waals surface area contributed by atoms with Gasteiger partial charge in [-0.25, -0.2) is 4.79 Å². The van der Waals surface area contributed by atoms with Gasteiger partial charge in [-0.05, 0) is 47.4 Å². The number of ether oxygens (including phenoxy) is 3. The molecule has 4 aromatic rings. The van der Waals surface area contributed by atoms with E-state index in [1.807, 2.05) is 67.7 Å². The normalized spacial score (nSPS) is 12.6. The van der Waals surface area contributed by atoms with Crippen LogP contribution in [0.1, 0.15) is 35.1 Å². The van der Waals surface area contributed by atoms with Gasteiger partial charge in [0.2, 0.25) is 6.04 Å². The van der Waals surface area contributed by atoms with Gasteiger partial charge >= 0.3 is 6.09 Å². The Morgan fingerprint density at radius 3 is 2.58 bits per heavy atom. The Morgan fingerprint density at radius 1 is 1.05 bits per heavy atom. The third-order valence-electron chi connectivity index (χ3n) is 6.55. The molecule has 0 bridgehead atoms. The molecule has 4 rings (SSSR count). The van der Waals surface area contributed by atoms with Gasteiger partial charge in [0, 0.05) is 47.8 Å². The van der Waals surface area contributed by atoms with Crippen molar-refractivity contribution in [3.8, 4) is 5.75 Å². The summed E-state index contributed by atoms with van der Waals surface area (Å²) < 4.78 is 16.1. The van der Waals surface area contributed by atoms with Crippen LogP contribution >= 0.6 is 0 Å². The van der Waals surface area contributed by atoms with Crippen LogP contribution < -0.4 is 10.1 Å². The van der Waals surface area contributed by atoms with E-state index in [1.165, 1.54) is 0 Å². The standard InChI is InChI=1S/C29H31N3O6/c1-19-23(10-7-11-26(19)31-29(33)38-18-21-8-5-4-6-9-21)28(20(2)32(34)35)25-17-30-27-16-22(12-13-24(25)27)37-15-14-36-3/h4-13,16-17,20,28,30H,14-15,18H2,1-3H3,(H,31,33). The van der Waals surface area contributed by atoms with Crippen LogP contribution in [-0.2, 0) is 16.1 Å². The Bertz CT molecular complexity index is 1400. The largest absolute Gasteiger partial charge is 0.491 e. The summed E-state index contributed by atoms with van der Waals surface area (Å²) in [5.74, 6) is 0.110. The van der Waals surface area contributed by atoms with Gasteiger partial charge in [0.15, 0.2) is 0 Å². The summed E-state index contributed by atoms with van der Waals surface area (Å²) in [4.78, 5) is 27.5. The number of rotatable bonds is 11. The number of carbonyl (C=O) groups is 1. The molecule has 0 fully saturated rings. The Balaban J connectivity index is 1.62. The van der Waals surface area contributed by atoms with Crippen LogP contribution in [-0.4, -0.2) is 42.4 Å². The monoisotopic (exact) mass is 517 g/mol. The van der Waals surface area contributed by atoms with Crippen molar-refractivity contribution in [1.29, 1.82) is 0 Å². The van der Waals surface area contributed by atoms with Gasteiger partial charge in [0.05, 0.1) is 12.5 Å². The van der Waals surface area contributed by atoms with Gasteiger partial charge < -0.3 is 19.2 Å². The molecular weight excluding hydrogens is 486 g/mol. The summed E-state index contributed by atoms with van der Waals surface area (Å²) in [5, 5.41) is 15.7. The van der Waals surface area contributed by atoms with Gasteiger partial charge in [-0.3, -0.25) is 15.4 Å². The van der Waals surface area contributed by atoms with Crippen LogP contribution in [0.5, 0.6) is 5.75 Å². The molecule has 0 radical (unpaired) electrons. The quantitative estimate of drug-likeness (QED) is 0.142. The van der Waals surface area contributed by atoms with E-state index in [1.54, 1.807) is 26.2 Å². The smallest absolute Gasteiger partial charge is 0.411 e. The van der Waals surface area contributed by atoms with Gasteiger partial charge in [-0.2, -0.15) is 0 Å². The lowest BCUT2D eigenvalue weighted by Crippen LogP contribution is -2.26. The zero-order chi connectivity index (χ0) is 27.1. The summed E-state index contributed by atoms with van der Waals surface area (Å²) in [5.41, 5.74) is 4.49. The van der Waals surface area contributed by atoms with E-state index in [9.17, 15) is 14.9 Å². The van der Waals surface area contributed by atoms with Crippen molar-refractivity contribution in [1.82, 2.24) is 4.98 Å². The molecule has 0 aliphatic heterocycles. The second-order valence-corrected chi connectivity index (χ2v) is 9.00. The number of hydrogen-bond donors (Lipinski definition) is 2. The maximum atomic E-state index is 12.5. The number of aromatic amines is 1. The van der Waals surface area contributed by atoms with Crippen molar-refractivity contribution < 1.29 is 23.9 Å². The van der Waals surface area contributed by atoms with E-state index in [0.29, 0.717) is 24.7 Å². The first-order valence-corrected chi connectivity index (χ1v) is 12.3. The summed E-state index contributed by atoms with van der Waals surface area (Å²) in [7, 11) is 1.61. The summed E-state index contributed by atoms with van der Waals surface area (Å²) >= 11 is 0. The summed E-state index contributed by atoms with van der Waals surface area (Å²) in [6.07, 6.45) is 1.21. The van der Waals surface area contributed by atoms with E-state index < -0.39 is 18.1 Å². The number of H-pyrrole nitrogens is 1. The molecular formula is C29H31N3O6. The molecule has 1 heterocycles. The molecule has 0 aliphatic rings. The number of aromatic nitrogens is 1. The first kappa shape index (κ1) is 26.7. The SMILES string of the molecule is COCCOc1ccc2c(C(c3cccc(NC(=O)OCc4ccccc4)c3C)C(C)[N+](=O)[O-])c[nH]c2c1. The number of nitro groups is 1. The molecule has 0 saturated heterocycles. The van der Waals surface area contributed by atoms with Gasteiger partial charge in [-0.15, -0.1) is 0 Å². The van der Waals surface area contributed by atoms with Crippen molar-refractivity contribution in [2.24, 2.45) is 0 Å². The number of anilines is 1. The zero-order valence-electron chi connectivity index (χ0n) is 21.6. The topological polar surface area (TPSA) is 116 Å². The Morgan fingerprint density at radius 2 is 1.84 bits per heavy atom. The molecule has 1 amide bonds. The lowest BCUT2D eigenvalue weighted by molar-refractivity contribution is -0.520. The highest BCUT2D eigenvalue weighted by molar-refractivity contribution is 5.87. The molecule has 1 aromatic heterocycles. The second kappa shape index (κ2) is 12.2. The molecule has 0 spiro atoms. The number of methoxy groups -OCH3 is 1. The highest BCUT2D eigenvalue weighted by Gasteiger charge is 2.33. The number of amides is 1. The molecule has 3 aromatic carbocycles. The maximum absolute atomic E-state index is 12.5. The number of nitrogens with zero attached hydrogens (tertiary/aromatic N) is 1. The van der Waals surface area contributed by atoms with E-state index >= 15 is 0 Å². The van der Waals surface area contributed by atoms with Crippen molar-refractivity contribution in [2.75, 3.05) is 25.6 Å². The first-order chi connectivity index (χ1) is 18.4. The third-order valence-corrected chi connectivity index (χ3v) is 6.55. The van der Waals surface area contributed by atoms with Crippen LogP contribution in [0, 0.1) is 17.0 Å². The highest BCUT2D eigenvalue weighted by atomic mass is 16.6. The molecule has 2 atom stereocenters. The van der Waals surface area contributed by atoms with Crippen LogP contribution in [0.4, 0.5) is 10.5 Å². The van der Waals surface area contributed by atoms with Gasteiger partial charge in [0.25, 0.3) is 0 Å². The van der Waals surface area contributed by atoms with Crippen molar-refractivity contribution in [3.05, 3.63) is 105 Å². The molecule has 198 valence electrons. The van der Waals surface area contributed by atoms with E-state index in [0.717, 1.165) is 33.2 Å². The first-order valence-electron chi connectivity index (χ1n) is 12.3. The second-order valence-electron chi connectivity index (χ2n) is 9.00. The molecule has 9 nitrogen and oxygen atoms in total. The maximum Gasteiger partial charge on any atom is 0.411 e. The van der Waals surface area contributed by atoms with E-state index in [2.05, 4.69) is 10.3 Å². The summed E-state index contributed by atoms with van der Waals surface area (Å²) in [6.45, 7) is 4.47. The van der Waals surface area contributed by atoms with Gasteiger partial charge in [0.1, 0.15) is 19.0 Å². The van der Waals surface area contributed by atoms with Crippen molar-refractivity contribution >= 4 is 22.7 Å². The Labute approximate surface area is 220 Å². The average molecular weight is 518 g/mol. The number of carbonyl (C=O) groups excluding carboxylic acids is 1. The number of nitrogens with one attached hydrogen (secondary N) is 2. The molecule has 2 unspecified atom stereocenters. The van der Waals surface area contributed by atoms with Crippen LogP contribution in [0.2, 0.25) is 0 Å². The highest BCUT2D eigenvalue weighted by Crippen LogP contribution is 2.38. The van der Waals surface area contributed by atoms with E-state index in [4.69, 9.17) is 14.2 Å².